The molecule has 0 fully saturated rings. The van der Waals surface area contributed by atoms with Crippen LogP contribution in [0.3, 0.4) is 0 Å². The second-order valence-electron chi connectivity index (χ2n) is 7.47. The lowest BCUT2D eigenvalue weighted by atomic mass is 10.1. The summed E-state index contributed by atoms with van der Waals surface area (Å²) in [5.41, 5.74) is 0.941. The lowest BCUT2D eigenvalue weighted by Crippen LogP contribution is -2.10. The largest absolute Gasteiger partial charge is 0.427 e. The van der Waals surface area contributed by atoms with Gasteiger partial charge in [0.25, 0.3) is 0 Å². The minimum absolute atomic E-state index is 0.00595. The van der Waals surface area contributed by atoms with Crippen LogP contribution >= 0.6 is 7.37 Å². The van der Waals surface area contributed by atoms with Gasteiger partial charge < -0.3 is 9.63 Å². The summed E-state index contributed by atoms with van der Waals surface area (Å²) in [4.78, 5) is 21.9. The molecule has 0 aliphatic carbocycles. The van der Waals surface area contributed by atoms with E-state index in [-0.39, 0.29) is 12.6 Å². The quantitative estimate of drug-likeness (QED) is 0.141. The zero-order valence-electron chi connectivity index (χ0n) is 17.4. The van der Waals surface area contributed by atoms with Crippen molar-refractivity contribution < 1.29 is 19.0 Å². The number of benzene rings is 1. The zero-order valence-corrected chi connectivity index (χ0v) is 18.3. The second kappa shape index (κ2) is 14.6. The Labute approximate surface area is 170 Å². The number of hydrogen-bond donors (Lipinski definition) is 1. The molecule has 4 nitrogen and oxygen atoms in total. The number of esters is 1. The highest BCUT2D eigenvalue weighted by atomic mass is 31.2. The summed E-state index contributed by atoms with van der Waals surface area (Å²) in [5.74, 6) is -0.0261. The summed E-state index contributed by atoms with van der Waals surface area (Å²) >= 11 is 0. The van der Waals surface area contributed by atoms with Gasteiger partial charge in [0.1, 0.15) is 5.75 Å². The Morgan fingerprint density at radius 3 is 2.04 bits per heavy atom. The molecule has 0 saturated carbocycles. The van der Waals surface area contributed by atoms with E-state index in [1.165, 1.54) is 44.9 Å². The van der Waals surface area contributed by atoms with Crippen LogP contribution in [0.25, 0.3) is 6.08 Å². The van der Waals surface area contributed by atoms with Crippen molar-refractivity contribution in [1.82, 2.24) is 0 Å². The third-order valence-electron chi connectivity index (χ3n) is 4.87. The fourth-order valence-corrected chi connectivity index (χ4v) is 4.55. The summed E-state index contributed by atoms with van der Waals surface area (Å²) < 4.78 is 17.4. The van der Waals surface area contributed by atoms with Gasteiger partial charge in [0.15, 0.2) is 0 Å². The van der Waals surface area contributed by atoms with Gasteiger partial charge >= 0.3 is 5.97 Å². The molecule has 0 amide bonds. The highest BCUT2D eigenvalue weighted by Crippen LogP contribution is 2.42. The summed E-state index contributed by atoms with van der Waals surface area (Å²) in [6.07, 6.45) is 13.9. The van der Waals surface area contributed by atoms with Gasteiger partial charge in [0.05, 0.1) is 6.42 Å². The van der Waals surface area contributed by atoms with Gasteiger partial charge in [-0.2, -0.15) is 0 Å². The molecule has 0 saturated heterocycles. The van der Waals surface area contributed by atoms with Gasteiger partial charge in [0.2, 0.25) is 7.37 Å². The van der Waals surface area contributed by atoms with Crippen LogP contribution in [-0.2, 0) is 9.36 Å². The fourth-order valence-electron chi connectivity index (χ4n) is 3.08. The van der Waals surface area contributed by atoms with Crippen LogP contribution in [0.2, 0.25) is 0 Å². The molecule has 5 heteroatoms. The van der Waals surface area contributed by atoms with E-state index >= 15 is 0 Å². The Bertz CT molecular complexity index is 610. The van der Waals surface area contributed by atoms with E-state index < -0.39 is 13.3 Å². The van der Waals surface area contributed by atoms with Crippen molar-refractivity contribution in [3.8, 4) is 5.75 Å². The molecule has 28 heavy (non-hydrogen) atoms. The number of hydrogen-bond acceptors (Lipinski definition) is 3. The number of unbranched alkanes of at least 4 members (excludes halogenated alkanes) is 9. The van der Waals surface area contributed by atoms with Gasteiger partial charge in [-0.3, -0.25) is 9.36 Å². The summed E-state index contributed by atoms with van der Waals surface area (Å²) in [7, 11) is -3.25. The van der Waals surface area contributed by atoms with Crippen molar-refractivity contribution in [2.45, 2.75) is 77.6 Å². The SMILES string of the molecule is C=Cc1ccc(OC(=O)CCP(=O)(O)CCCCCCCCCCCC)cc1. The van der Waals surface area contributed by atoms with Crippen molar-refractivity contribution in [2.75, 3.05) is 12.3 Å². The highest BCUT2D eigenvalue weighted by molar-refractivity contribution is 7.58. The average molecular weight is 409 g/mol. The van der Waals surface area contributed by atoms with Gasteiger partial charge in [-0.1, -0.05) is 89.5 Å². The van der Waals surface area contributed by atoms with Crippen molar-refractivity contribution in [1.29, 1.82) is 0 Å². The van der Waals surface area contributed by atoms with E-state index in [1.807, 2.05) is 0 Å². The molecule has 0 aromatic heterocycles. The predicted molar refractivity (Wildman–Crippen MR) is 118 cm³/mol. The Balaban J connectivity index is 2.10. The first kappa shape index (κ1) is 24.7. The number of carbonyl (C=O) groups is 1. The molecule has 1 atom stereocenters. The maximum absolute atomic E-state index is 12.2. The monoisotopic (exact) mass is 408 g/mol. The molecule has 1 aromatic rings. The molecule has 1 rings (SSSR count). The van der Waals surface area contributed by atoms with E-state index in [9.17, 15) is 14.3 Å². The Hall–Kier alpha value is -1.38. The molecule has 0 heterocycles. The van der Waals surface area contributed by atoms with Crippen molar-refractivity contribution in [3.63, 3.8) is 0 Å². The first-order chi connectivity index (χ1) is 13.5. The lowest BCUT2D eigenvalue weighted by molar-refractivity contribution is -0.133. The molecule has 0 aliphatic heterocycles. The number of ether oxygens (including phenoxy) is 1. The molecule has 1 aromatic carbocycles. The third kappa shape index (κ3) is 12.2. The predicted octanol–water partition coefficient (Wildman–Crippen LogP) is 6.82. The maximum Gasteiger partial charge on any atom is 0.311 e. The minimum atomic E-state index is -3.25. The maximum atomic E-state index is 12.2. The first-order valence-electron chi connectivity index (χ1n) is 10.7. The lowest BCUT2D eigenvalue weighted by Gasteiger charge is -2.11. The van der Waals surface area contributed by atoms with Gasteiger partial charge in [-0.25, -0.2) is 0 Å². The van der Waals surface area contributed by atoms with Crippen LogP contribution in [-0.4, -0.2) is 23.2 Å². The fraction of sp³-hybridized carbons (Fsp3) is 0.609. The van der Waals surface area contributed by atoms with E-state index in [2.05, 4.69) is 13.5 Å². The molecular formula is C23H37O4P. The summed E-state index contributed by atoms with van der Waals surface area (Å²) in [6, 6.07) is 6.99. The first-order valence-corrected chi connectivity index (χ1v) is 12.7. The second-order valence-corrected chi connectivity index (χ2v) is 10.1. The number of rotatable bonds is 16. The highest BCUT2D eigenvalue weighted by Gasteiger charge is 2.20. The van der Waals surface area contributed by atoms with Crippen LogP contribution in [0, 0.1) is 0 Å². The Kier molecular flexibility index (Phi) is 12.9. The van der Waals surface area contributed by atoms with Crippen LogP contribution in [0.4, 0.5) is 0 Å². The van der Waals surface area contributed by atoms with Crippen LogP contribution in [0.15, 0.2) is 30.8 Å². The standard InChI is InChI=1S/C23H37O4P/c1-3-5-6-7-8-9-10-11-12-13-19-28(25,26)20-18-23(24)27-22-16-14-21(4-2)15-17-22/h4,14-17H,2-3,5-13,18-20H2,1H3,(H,25,26). The summed E-state index contributed by atoms with van der Waals surface area (Å²) in [5, 5.41) is 0. The van der Waals surface area contributed by atoms with Crippen molar-refractivity contribution in [3.05, 3.63) is 36.4 Å². The van der Waals surface area contributed by atoms with Crippen LogP contribution < -0.4 is 4.74 Å². The zero-order chi connectivity index (χ0) is 20.7. The van der Waals surface area contributed by atoms with Gasteiger partial charge in [-0.05, 0) is 24.1 Å². The molecular weight excluding hydrogens is 371 g/mol. The topological polar surface area (TPSA) is 63.6 Å². The third-order valence-corrected chi connectivity index (χ3v) is 6.81. The number of carbonyl (C=O) groups excluding carboxylic acids is 1. The molecule has 158 valence electrons. The van der Waals surface area contributed by atoms with Crippen molar-refractivity contribution >= 4 is 19.4 Å². The normalized spacial score (nSPS) is 13.1. The van der Waals surface area contributed by atoms with E-state index in [1.54, 1.807) is 30.3 Å². The molecule has 1 unspecified atom stereocenters. The molecule has 1 N–H and O–H groups in total. The average Bonchev–Trinajstić information content (AvgIpc) is 2.68. The molecule has 0 bridgehead atoms. The van der Waals surface area contributed by atoms with Crippen molar-refractivity contribution in [2.24, 2.45) is 0 Å². The molecule has 0 aliphatic rings. The van der Waals surface area contributed by atoms with E-state index in [0.717, 1.165) is 24.8 Å². The Morgan fingerprint density at radius 2 is 1.50 bits per heavy atom. The van der Waals surface area contributed by atoms with Crippen LogP contribution in [0.1, 0.15) is 83.1 Å². The van der Waals surface area contributed by atoms with Gasteiger partial charge in [-0.15, -0.1) is 0 Å². The van der Waals surface area contributed by atoms with E-state index in [4.69, 9.17) is 4.74 Å². The summed E-state index contributed by atoms with van der Waals surface area (Å²) in [6.45, 7) is 5.90. The smallest absolute Gasteiger partial charge is 0.311 e. The molecule has 0 radical (unpaired) electrons. The van der Waals surface area contributed by atoms with Crippen LogP contribution in [0.5, 0.6) is 5.75 Å². The van der Waals surface area contributed by atoms with Gasteiger partial charge in [0, 0.05) is 12.3 Å². The minimum Gasteiger partial charge on any atom is -0.427 e. The Morgan fingerprint density at radius 1 is 0.964 bits per heavy atom. The molecule has 0 spiro atoms. The van der Waals surface area contributed by atoms with E-state index in [0.29, 0.717) is 11.9 Å².